The number of carbonyl (C=O) groups excluding carboxylic acids is 1. The van der Waals surface area contributed by atoms with E-state index in [1.165, 1.54) is 12.1 Å². The van der Waals surface area contributed by atoms with Crippen molar-refractivity contribution in [1.29, 1.82) is 0 Å². The predicted octanol–water partition coefficient (Wildman–Crippen LogP) is 3.54. The summed E-state index contributed by atoms with van der Waals surface area (Å²) in [5, 5.41) is 2.69. The van der Waals surface area contributed by atoms with Crippen molar-refractivity contribution in [2.24, 2.45) is 0 Å². The third kappa shape index (κ3) is 2.73. The number of nitrogens with zero attached hydrogens (tertiary/aromatic N) is 1. The van der Waals surface area contributed by atoms with Gasteiger partial charge in [-0.3, -0.25) is 4.79 Å². The molecule has 0 aliphatic heterocycles. The lowest BCUT2D eigenvalue weighted by Crippen LogP contribution is -2.13. The first-order chi connectivity index (χ1) is 8.58. The molecule has 0 fully saturated rings. The van der Waals surface area contributed by atoms with Gasteiger partial charge in [-0.1, -0.05) is 0 Å². The van der Waals surface area contributed by atoms with Crippen molar-refractivity contribution in [2.45, 2.75) is 6.92 Å². The molecule has 0 bridgehead atoms. The van der Waals surface area contributed by atoms with Gasteiger partial charge in [-0.2, -0.15) is 0 Å². The van der Waals surface area contributed by atoms with Crippen LogP contribution >= 0.6 is 15.9 Å². The Hall–Kier alpha value is -1.75. The van der Waals surface area contributed by atoms with E-state index in [1.807, 2.05) is 0 Å². The van der Waals surface area contributed by atoms with Crippen LogP contribution < -0.4 is 5.32 Å². The molecular weight excluding hydrogens is 299 g/mol. The summed E-state index contributed by atoms with van der Waals surface area (Å²) >= 11 is 3.20. The maximum absolute atomic E-state index is 13.1. The topological polar surface area (TPSA) is 42.0 Å². The number of hydrogen-bond donors (Lipinski definition) is 1. The van der Waals surface area contributed by atoms with Crippen LogP contribution in [0.15, 0.2) is 41.1 Å². The van der Waals surface area contributed by atoms with Crippen LogP contribution in [0.1, 0.15) is 15.9 Å². The molecule has 0 atom stereocenters. The second kappa shape index (κ2) is 5.27. The SMILES string of the molecule is Cc1cc(NC(=O)c2cccnc2Br)ccc1F. The van der Waals surface area contributed by atoms with Crippen LogP contribution in [0.3, 0.4) is 0 Å². The average Bonchev–Trinajstić information content (AvgIpc) is 2.34. The molecule has 0 saturated carbocycles. The molecule has 2 rings (SSSR count). The van der Waals surface area contributed by atoms with Gasteiger partial charge in [0.25, 0.3) is 5.91 Å². The van der Waals surface area contributed by atoms with Crippen LogP contribution in [0.5, 0.6) is 0 Å². The van der Waals surface area contributed by atoms with Crippen molar-refractivity contribution in [3.05, 3.63) is 58.1 Å². The maximum Gasteiger partial charge on any atom is 0.258 e. The molecule has 1 N–H and O–H groups in total. The number of aromatic nitrogens is 1. The van der Waals surface area contributed by atoms with Crippen LogP contribution in [0, 0.1) is 12.7 Å². The van der Waals surface area contributed by atoms with Crippen molar-refractivity contribution < 1.29 is 9.18 Å². The molecule has 1 heterocycles. The lowest BCUT2D eigenvalue weighted by molar-refractivity contribution is 0.102. The van der Waals surface area contributed by atoms with E-state index in [9.17, 15) is 9.18 Å². The van der Waals surface area contributed by atoms with Crippen molar-refractivity contribution >= 4 is 27.5 Å². The summed E-state index contributed by atoms with van der Waals surface area (Å²) in [5.41, 5.74) is 1.46. The summed E-state index contributed by atoms with van der Waals surface area (Å²) < 4.78 is 13.6. The minimum atomic E-state index is -0.296. The van der Waals surface area contributed by atoms with Crippen LogP contribution in [-0.4, -0.2) is 10.9 Å². The molecule has 0 aliphatic rings. The summed E-state index contributed by atoms with van der Waals surface area (Å²) in [6.45, 7) is 1.64. The third-order valence-corrected chi connectivity index (χ3v) is 3.05. The van der Waals surface area contributed by atoms with Crippen LogP contribution in [0.2, 0.25) is 0 Å². The van der Waals surface area contributed by atoms with Gasteiger partial charge in [-0.05, 0) is 58.7 Å². The zero-order valence-corrected chi connectivity index (χ0v) is 11.2. The van der Waals surface area contributed by atoms with E-state index in [-0.39, 0.29) is 11.7 Å². The van der Waals surface area contributed by atoms with Crippen LogP contribution in [0.25, 0.3) is 0 Å². The normalized spacial score (nSPS) is 10.2. The van der Waals surface area contributed by atoms with Gasteiger partial charge in [0.2, 0.25) is 0 Å². The zero-order valence-electron chi connectivity index (χ0n) is 9.58. The Morgan fingerprint density at radius 2 is 2.17 bits per heavy atom. The minimum absolute atomic E-state index is 0.291. The van der Waals surface area contributed by atoms with Gasteiger partial charge in [-0.15, -0.1) is 0 Å². The second-order valence-corrected chi connectivity index (χ2v) is 4.51. The highest BCUT2D eigenvalue weighted by Crippen LogP contribution is 2.17. The van der Waals surface area contributed by atoms with Gasteiger partial charge in [0.05, 0.1) is 5.56 Å². The zero-order chi connectivity index (χ0) is 13.1. The molecule has 0 spiro atoms. The van der Waals surface area contributed by atoms with E-state index < -0.39 is 0 Å². The smallest absolute Gasteiger partial charge is 0.258 e. The quantitative estimate of drug-likeness (QED) is 0.862. The first-order valence-electron chi connectivity index (χ1n) is 5.26. The van der Waals surface area contributed by atoms with Crippen molar-refractivity contribution in [3.8, 4) is 0 Å². The number of nitrogens with one attached hydrogen (secondary N) is 1. The summed E-state index contributed by atoms with van der Waals surface area (Å²) in [6, 6.07) is 7.75. The number of amides is 1. The van der Waals surface area contributed by atoms with Gasteiger partial charge in [-0.25, -0.2) is 9.37 Å². The molecule has 5 heteroatoms. The Bertz CT molecular complexity index is 601. The highest BCUT2D eigenvalue weighted by Gasteiger charge is 2.10. The van der Waals surface area contributed by atoms with Crippen molar-refractivity contribution in [2.75, 3.05) is 5.32 Å². The van der Waals surface area contributed by atoms with Gasteiger partial charge in [0, 0.05) is 11.9 Å². The number of halogens is 2. The number of carbonyl (C=O) groups is 1. The number of hydrogen-bond acceptors (Lipinski definition) is 2. The largest absolute Gasteiger partial charge is 0.322 e. The summed E-state index contributed by atoms with van der Waals surface area (Å²) in [5.74, 6) is -0.587. The van der Waals surface area contributed by atoms with Crippen LogP contribution in [-0.2, 0) is 0 Å². The van der Waals surface area contributed by atoms with E-state index in [4.69, 9.17) is 0 Å². The van der Waals surface area contributed by atoms with E-state index in [1.54, 1.807) is 31.3 Å². The van der Waals surface area contributed by atoms with E-state index in [2.05, 4.69) is 26.2 Å². The molecule has 0 aliphatic carbocycles. The predicted molar refractivity (Wildman–Crippen MR) is 71.0 cm³/mol. The number of anilines is 1. The molecule has 18 heavy (non-hydrogen) atoms. The van der Waals surface area contributed by atoms with E-state index in [0.29, 0.717) is 21.4 Å². The molecule has 1 aromatic carbocycles. The molecule has 3 nitrogen and oxygen atoms in total. The van der Waals surface area contributed by atoms with Crippen molar-refractivity contribution in [3.63, 3.8) is 0 Å². The minimum Gasteiger partial charge on any atom is -0.322 e. The van der Waals surface area contributed by atoms with Gasteiger partial charge >= 0.3 is 0 Å². The van der Waals surface area contributed by atoms with Crippen LogP contribution in [0.4, 0.5) is 10.1 Å². The Morgan fingerprint density at radius 3 is 2.83 bits per heavy atom. The standard InChI is InChI=1S/C13H10BrFN2O/c1-8-7-9(4-5-11(8)15)17-13(18)10-3-2-6-16-12(10)14/h2-7H,1H3,(H,17,18). The maximum atomic E-state index is 13.1. The molecule has 0 unspecified atom stereocenters. The Labute approximate surface area is 112 Å². The first-order valence-corrected chi connectivity index (χ1v) is 6.05. The fourth-order valence-corrected chi connectivity index (χ4v) is 1.91. The number of benzene rings is 1. The Kier molecular flexibility index (Phi) is 3.72. The molecule has 1 amide bonds. The summed E-state index contributed by atoms with van der Waals surface area (Å²) in [6.07, 6.45) is 1.59. The van der Waals surface area contributed by atoms with E-state index in [0.717, 1.165) is 0 Å². The molecule has 1 aromatic heterocycles. The van der Waals surface area contributed by atoms with Crippen molar-refractivity contribution in [1.82, 2.24) is 4.98 Å². The lowest BCUT2D eigenvalue weighted by atomic mass is 10.2. The Balaban J connectivity index is 2.22. The van der Waals surface area contributed by atoms with E-state index >= 15 is 0 Å². The molecule has 0 radical (unpaired) electrons. The average molecular weight is 309 g/mol. The first kappa shape index (κ1) is 12.7. The lowest BCUT2D eigenvalue weighted by Gasteiger charge is -2.07. The highest BCUT2D eigenvalue weighted by molar-refractivity contribution is 9.10. The van der Waals surface area contributed by atoms with Gasteiger partial charge in [0.15, 0.2) is 0 Å². The number of pyridine rings is 1. The number of aryl methyl sites for hydroxylation is 1. The molecule has 0 saturated heterocycles. The molecule has 2 aromatic rings. The van der Waals surface area contributed by atoms with Gasteiger partial charge < -0.3 is 5.32 Å². The summed E-state index contributed by atoms with van der Waals surface area (Å²) in [7, 11) is 0. The molecular formula is C13H10BrFN2O. The second-order valence-electron chi connectivity index (χ2n) is 3.76. The summed E-state index contributed by atoms with van der Waals surface area (Å²) in [4.78, 5) is 15.9. The third-order valence-electron chi connectivity index (χ3n) is 2.42. The molecule has 92 valence electrons. The fraction of sp³-hybridized carbons (Fsp3) is 0.0769. The number of rotatable bonds is 2. The fourth-order valence-electron chi connectivity index (χ4n) is 1.48. The van der Waals surface area contributed by atoms with Gasteiger partial charge in [0.1, 0.15) is 10.4 Å². The highest BCUT2D eigenvalue weighted by atomic mass is 79.9. The monoisotopic (exact) mass is 308 g/mol. The Morgan fingerprint density at radius 1 is 1.39 bits per heavy atom.